The van der Waals surface area contributed by atoms with Gasteiger partial charge in [-0.1, -0.05) is 6.42 Å². The number of fused-ring (bicyclic) bond motifs is 2. The molecule has 0 aliphatic heterocycles. The minimum absolute atomic E-state index is 0.310. The van der Waals surface area contributed by atoms with Crippen molar-refractivity contribution in [3.05, 3.63) is 0 Å². The molecule has 3 heteroatoms. The summed E-state index contributed by atoms with van der Waals surface area (Å²) in [6.07, 6.45) is 8.76. The second-order valence-electron chi connectivity index (χ2n) is 6.44. The van der Waals surface area contributed by atoms with Crippen LogP contribution in [0.4, 0.5) is 0 Å². The largest absolute Gasteiger partial charge is 0.381 e. The predicted molar refractivity (Wildman–Crippen MR) is 70.1 cm³/mol. The molecule has 0 radical (unpaired) electrons. The highest BCUT2D eigenvalue weighted by molar-refractivity contribution is 5.79. The maximum Gasteiger partial charge on any atom is 0.223 e. The maximum atomic E-state index is 12.0. The van der Waals surface area contributed by atoms with E-state index >= 15 is 0 Å². The third-order valence-electron chi connectivity index (χ3n) is 4.89. The Morgan fingerprint density at radius 2 is 2.06 bits per heavy atom. The number of carbonyl (C=O) groups is 1. The van der Waals surface area contributed by atoms with E-state index in [4.69, 9.17) is 4.74 Å². The summed E-state index contributed by atoms with van der Waals surface area (Å²) in [6.45, 7) is 2.52. The smallest absolute Gasteiger partial charge is 0.223 e. The van der Waals surface area contributed by atoms with Crippen LogP contribution in [0.1, 0.15) is 44.9 Å². The quantitative estimate of drug-likeness (QED) is 0.705. The molecule has 3 atom stereocenters. The molecule has 3 aliphatic carbocycles. The van der Waals surface area contributed by atoms with Gasteiger partial charge in [-0.15, -0.1) is 0 Å². The van der Waals surface area contributed by atoms with E-state index in [0.29, 0.717) is 17.7 Å². The minimum atomic E-state index is 0.310. The van der Waals surface area contributed by atoms with Crippen molar-refractivity contribution in [3.8, 4) is 0 Å². The monoisotopic (exact) mass is 251 g/mol. The zero-order valence-electron chi connectivity index (χ0n) is 11.2. The lowest BCUT2D eigenvalue weighted by atomic mass is 9.88. The van der Waals surface area contributed by atoms with Crippen LogP contribution in [0.5, 0.6) is 0 Å². The molecule has 0 aromatic carbocycles. The van der Waals surface area contributed by atoms with Crippen LogP contribution in [0.2, 0.25) is 0 Å². The third kappa shape index (κ3) is 3.05. The first-order valence-electron chi connectivity index (χ1n) is 7.68. The van der Waals surface area contributed by atoms with Gasteiger partial charge in [0.15, 0.2) is 0 Å². The number of nitrogens with one attached hydrogen (secondary N) is 1. The molecule has 3 nitrogen and oxygen atoms in total. The first kappa shape index (κ1) is 12.5. The number of rotatable bonds is 7. The van der Waals surface area contributed by atoms with E-state index in [-0.39, 0.29) is 0 Å². The summed E-state index contributed by atoms with van der Waals surface area (Å²) >= 11 is 0. The van der Waals surface area contributed by atoms with Crippen LogP contribution in [-0.2, 0) is 9.53 Å². The Balaban J connectivity index is 1.25. The molecule has 3 rings (SSSR count). The molecular formula is C15H25NO2. The lowest BCUT2D eigenvalue weighted by Crippen LogP contribution is -2.34. The van der Waals surface area contributed by atoms with E-state index in [1.807, 2.05) is 0 Å². The highest BCUT2D eigenvalue weighted by atomic mass is 16.5. The van der Waals surface area contributed by atoms with Crippen molar-refractivity contribution in [2.45, 2.75) is 44.9 Å². The number of hydrogen-bond donors (Lipinski definition) is 1. The normalized spacial score (nSPS) is 33.9. The number of ether oxygens (including phenoxy) is 1. The molecule has 102 valence electrons. The first-order valence-corrected chi connectivity index (χ1v) is 7.68. The Labute approximate surface area is 110 Å². The van der Waals surface area contributed by atoms with Crippen molar-refractivity contribution in [1.29, 1.82) is 0 Å². The van der Waals surface area contributed by atoms with Gasteiger partial charge in [0, 0.05) is 25.7 Å². The summed E-state index contributed by atoms with van der Waals surface area (Å²) in [5, 5.41) is 3.09. The standard InChI is InChI=1S/C15H25NO2/c17-15(14-9-12-4-5-13(14)8-12)16-6-1-7-18-10-11-2-3-11/h11-14H,1-10H2,(H,16,17). The average molecular weight is 251 g/mol. The van der Waals surface area contributed by atoms with Crippen LogP contribution in [0.25, 0.3) is 0 Å². The fourth-order valence-electron chi connectivity index (χ4n) is 3.62. The Kier molecular flexibility index (Phi) is 3.88. The predicted octanol–water partition coefficient (Wildman–Crippen LogP) is 2.36. The number of carbonyl (C=O) groups excluding carboxylic acids is 1. The summed E-state index contributed by atoms with van der Waals surface area (Å²) in [5.74, 6) is 3.03. The second-order valence-corrected chi connectivity index (χ2v) is 6.44. The van der Waals surface area contributed by atoms with Crippen LogP contribution in [0.15, 0.2) is 0 Å². The molecule has 18 heavy (non-hydrogen) atoms. The Morgan fingerprint density at radius 3 is 2.72 bits per heavy atom. The fourth-order valence-corrected chi connectivity index (χ4v) is 3.62. The highest BCUT2D eigenvalue weighted by Crippen LogP contribution is 2.48. The van der Waals surface area contributed by atoms with Crippen LogP contribution in [0.3, 0.4) is 0 Å². The topological polar surface area (TPSA) is 38.3 Å². The van der Waals surface area contributed by atoms with Crippen molar-refractivity contribution >= 4 is 5.91 Å². The number of amides is 1. The maximum absolute atomic E-state index is 12.0. The van der Waals surface area contributed by atoms with Crippen molar-refractivity contribution in [1.82, 2.24) is 5.32 Å². The van der Waals surface area contributed by atoms with Gasteiger partial charge in [0.1, 0.15) is 0 Å². The molecule has 3 saturated carbocycles. The van der Waals surface area contributed by atoms with Crippen LogP contribution in [0, 0.1) is 23.7 Å². The Morgan fingerprint density at radius 1 is 1.17 bits per heavy atom. The number of hydrogen-bond acceptors (Lipinski definition) is 2. The Bertz CT molecular complexity index is 301. The van der Waals surface area contributed by atoms with Gasteiger partial charge in [0.2, 0.25) is 5.91 Å². The summed E-state index contributed by atoms with van der Waals surface area (Å²) in [6, 6.07) is 0. The van der Waals surface area contributed by atoms with E-state index in [1.54, 1.807) is 0 Å². The van der Waals surface area contributed by atoms with E-state index in [1.165, 1.54) is 32.1 Å². The van der Waals surface area contributed by atoms with E-state index in [0.717, 1.165) is 44.4 Å². The average Bonchev–Trinajstić information content (AvgIpc) is 2.96. The lowest BCUT2D eigenvalue weighted by Gasteiger charge is -2.20. The lowest BCUT2D eigenvalue weighted by molar-refractivity contribution is -0.126. The molecule has 0 spiro atoms. The van der Waals surface area contributed by atoms with Crippen molar-refractivity contribution in [2.24, 2.45) is 23.7 Å². The summed E-state index contributed by atoms with van der Waals surface area (Å²) in [4.78, 5) is 12.0. The molecule has 3 unspecified atom stereocenters. The van der Waals surface area contributed by atoms with Crippen LogP contribution < -0.4 is 5.32 Å². The summed E-state index contributed by atoms with van der Waals surface area (Å²) in [7, 11) is 0. The molecule has 0 saturated heterocycles. The zero-order chi connectivity index (χ0) is 12.4. The SMILES string of the molecule is O=C(NCCCOCC1CC1)C1CC2CCC1C2. The van der Waals surface area contributed by atoms with Gasteiger partial charge in [-0.05, 0) is 56.3 Å². The molecule has 3 fully saturated rings. The molecule has 3 aliphatic rings. The van der Waals surface area contributed by atoms with Crippen molar-refractivity contribution in [3.63, 3.8) is 0 Å². The fraction of sp³-hybridized carbons (Fsp3) is 0.933. The van der Waals surface area contributed by atoms with Crippen molar-refractivity contribution < 1.29 is 9.53 Å². The van der Waals surface area contributed by atoms with E-state index in [9.17, 15) is 4.79 Å². The molecule has 0 heterocycles. The van der Waals surface area contributed by atoms with E-state index < -0.39 is 0 Å². The van der Waals surface area contributed by atoms with Crippen LogP contribution in [-0.4, -0.2) is 25.7 Å². The minimum Gasteiger partial charge on any atom is -0.381 e. The van der Waals surface area contributed by atoms with Gasteiger partial charge < -0.3 is 10.1 Å². The van der Waals surface area contributed by atoms with Crippen LogP contribution >= 0.6 is 0 Å². The summed E-state index contributed by atoms with van der Waals surface area (Å²) in [5.41, 5.74) is 0. The molecule has 2 bridgehead atoms. The van der Waals surface area contributed by atoms with Gasteiger partial charge in [0.05, 0.1) is 0 Å². The van der Waals surface area contributed by atoms with Gasteiger partial charge in [-0.25, -0.2) is 0 Å². The molecular weight excluding hydrogens is 226 g/mol. The highest BCUT2D eigenvalue weighted by Gasteiger charge is 2.42. The van der Waals surface area contributed by atoms with Gasteiger partial charge in [0.25, 0.3) is 0 Å². The van der Waals surface area contributed by atoms with Crippen molar-refractivity contribution in [2.75, 3.05) is 19.8 Å². The molecule has 0 aromatic heterocycles. The molecule has 0 aromatic rings. The van der Waals surface area contributed by atoms with Gasteiger partial charge in [-0.3, -0.25) is 4.79 Å². The van der Waals surface area contributed by atoms with E-state index in [2.05, 4.69) is 5.32 Å². The summed E-state index contributed by atoms with van der Waals surface area (Å²) < 4.78 is 5.56. The zero-order valence-corrected chi connectivity index (χ0v) is 11.2. The van der Waals surface area contributed by atoms with Gasteiger partial charge in [-0.2, -0.15) is 0 Å². The van der Waals surface area contributed by atoms with Gasteiger partial charge >= 0.3 is 0 Å². The molecule has 1 amide bonds. The molecule has 1 N–H and O–H groups in total. The third-order valence-corrected chi connectivity index (χ3v) is 4.89. The first-order chi connectivity index (χ1) is 8.83. The second kappa shape index (κ2) is 5.60. The Hall–Kier alpha value is -0.570.